The third kappa shape index (κ3) is 3.54. The summed E-state index contributed by atoms with van der Waals surface area (Å²) in [6.07, 6.45) is 1.11. The quantitative estimate of drug-likeness (QED) is 0.704. The van der Waals surface area contributed by atoms with Crippen molar-refractivity contribution in [2.75, 3.05) is 6.26 Å². The van der Waals surface area contributed by atoms with Crippen LogP contribution in [-0.2, 0) is 16.4 Å². The summed E-state index contributed by atoms with van der Waals surface area (Å²) in [5, 5.41) is 0. The molecule has 130 valence electrons. The van der Waals surface area contributed by atoms with Gasteiger partial charge in [-0.3, -0.25) is 4.79 Å². The molecule has 0 radical (unpaired) electrons. The van der Waals surface area contributed by atoms with Crippen LogP contribution in [0.1, 0.15) is 17.3 Å². The molecule has 0 atom stereocenters. The molecule has 0 unspecified atom stereocenters. The number of hydrogen-bond acceptors (Lipinski definition) is 4. The average Bonchev–Trinajstić information content (AvgIpc) is 2.90. The van der Waals surface area contributed by atoms with Crippen molar-refractivity contribution in [2.24, 2.45) is 4.99 Å². The highest BCUT2D eigenvalue weighted by Crippen LogP contribution is 2.19. The Labute approximate surface area is 148 Å². The van der Waals surface area contributed by atoms with E-state index < -0.39 is 15.7 Å². The van der Waals surface area contributed by atoms with E-state index in [-0.39, 0.29) is 10.7 Å². The fourth-order valence-electron chi connectivity index (χ4n) is 2.43. The van der Waals surface area contributed by atoms with Gasteiger partial charge >= 0.3 is 0 Å². The van der Waals surface area contributed by atoms with Crippen LogP contribution in [0.5, 0.6) is 0 Å². The number of halogens is 1. The number of amides is 1. The highest BCUT2D eigenvalue weighted by atomic mass is 32.2. The molecular weight excluding hydrogens is 363 g/mol. The summed E-state index contributed by atoms with van der Waals surface area (Å²) >= 11 is 1.23. The van der Waals surface area contributed by atoms with Crippen molar-refractivity contribution in [3.05, 3.63) is 58.6 Å². The minimum Gasteiger partial charge on any atom is -0.317 e. The molecule has 0 spiro atoms. The molecule has 1 amide bonds. The third-order valence-corrected chi connectivity index (χ3v) is 5.86. The zero-order valence-electron chi connectivity index (χ0n) is 13.6. The van der Waals surface area contributed by atoms with Crippen molar-refractivity contribution in [1.29, 1.82) is 0 Å². The zero-order chi connectivity index (χ0) is 18.2. The number of carbonyl (C=O) groups is 1. The van der Waals surface area contributed by atoms with E-state index in [9.17, 15) is 17.6 Å². The first-order valence-electron chi connectivity index (χ1n) is 7.47. The predicted molar refractivity (Wildman–Crippen MR) is 94.9 cm³/mol. The molecule has 0 bridgehead atoms. The molecule has 5 nitrogen and oxygen atoms in total. The first-order chi connectivity index (χ1) is 11.8. The minimum atomic E-state index is -3.32. The molecule has 0 fully saturated rings. The Morgan fingerprint density at radius 2 is 1.88 bits per heavy atom. The van der Waals surface area contributed by atoms with Crippen LogP contribution >= 0.6 is 11.3 Å². The molecule has 8 heteroatoms. The summed E-state index contributed by atoms with van der Waals surface area (Å²) < 4.78 is 38.9. The average molecular weight is 378 g/mol. The van der Waals surface area contributed by atoms with E-state index in [2.05, 4.69) is 4.99 Å². The molecule has 0 saturated heterocycles. The van der Waals surface area contributed by atoms with Gasteiger partial charge in [0.1, 0.15) is 5.82 Å². The predicted octanol–water partition coefficient (Wildman–Crippen LogP) is 3.01. The van der Waals surface area contributed by atoms with Crippen LogP contribution in [-0.4, -0.2) is 25.1 Å². The van der Waals surface area contributed by atoms with Crippen molar-refractivity contribution in [1.82, 2.24) is 4.57 Å². The maximum Gasteiger partial charge on any atom is 0.279 e. The number of thiazole rings is 1. The fourth-order valence-corrected chi connectivity index (χ4v) is 4.18. The molecule has 0 N–H and O–H groups in total. The maximum atomic E-state index is 13.4. The van der Waals surface area contributed by atoms with Crippen molar-refractivity contribution < 1.29 is 17.6 Å². The van der Waals surface area contributed by atoms with Gasteiger partial charge in [0.05, 0.1) is 15.1 Å². The monoisotopic (exact) mass is 378 g/mol. The van der Waals surface area contributed by atoms with Crippen LogP contribution in [0.4, 0.5) is 4.39 Å². The maximum absolute atomic E-state index is 13.4. The Hall–Kier alpha value is -2.32. The lowest BCUT2D eigenvalue weighted by molar-refractivity contribution is 0.0997. The molecule has 0 aliphatic heterocycles. The molecule has 3 aromatic rings. The van der Waals surface area contributed by atoms with Crippen molar-refractivity contribution >= 4 is 37.3 Å². The number of aromatic nitrogens is 1. The molecule has 0 saturated carbocycles. The number of sulfone groups is 1. The standard InChI is InChI=1S/C17H15FN2O3S2/c1-3-20-14-9-6-12(18)10-15(14)24-17(20)19-16(21)11-4-7-13(8-5-11)25(2,22)23/h4-10H,3H2,1-2H3. The van der Waals surface area contributed by atoms with E-state index >= 15 is 0 Å². The Morgan fingerprint density at radius 3 is 2.48 bits per heavy atom. The highest BCUT2D eigenvalue weighted by molar-refractivity contribution is 7.90. The van der Waals surface area contributed by atoms with E-state index in [1.807, 2.05) is 11.5 Å². The minimum absolute atomic E-state index is 0.144. The number of benzene rings is 2. The molecule has 0 aliphatic rings. The molecule has 1 heterocycles. The molecule has 3 rings (SSSR count). The lowest BCUT2D eigenvalue weighted by Gasteiger charge is -2.01. The van der Waals surface area contributed by atoms with Crippen LogP contribution in [0, 0.1) is 5.82 Å². The van der Waals surface area contributed by atoms with Gasteiger partial charge in [0.2, 0.25) is 0 Å². The summed E-state index contributed by atoms with van der Waals surface area (Å²) in [4.78, 5) is 17.1. The van der Waals surface area contributed by atoms with Crippen LogP contribution < -0.4 is 4.80 Å². The van der Waals surface area contributed by atoms with E-state index in [1.54, 1.807) is 6.07 Å². The molecule has 25 heavy (non-hydrogen) atoms. The lowest BCUT2D eigenvalue weighted by Crippen LogP contribution is -2.15. The first-order valence-corrected chi connectivity index (χ1v) is 10.2. The van der Waals surface area contributed by atoms with Gasteiger partial charge < -0.3 is 4.57 Å². The van der Waals surface area contributed by atoms with E-state index in [4.69, 9.17) is 0 Å². The largest absolute Gasteiger partial charge is 0.317 e. The second-order valence-electron chi connectivity index (χ2n) is 5.45. The number of nitrogens with zero attached hydrogens (tertiary/aromatic N) is 2. The Kier molecular flexibility index (Phi) is 4.57. The first kappa shape index (κ1) is 17.5. The van der Waals surface area contributed by atoms with Gasteiger partial charge in [-0.1, -0.05) is 11.3 Å². The van der Waals surface area contributed by atoms with Crippen LogP contribution in [0.3, 0.4) is 0 Å². The summed E-state index contributed by atoms with van der Waals surface area (Å²) in [6, 6.07) is 10.1. The van der Waals surface area contributed by atoms with Crippen LogP contribution in [0.15, 0.2) is 52.4 Å². The van der Waals surface area contributed by atoms with Gasteiger partial charge in [0.15, 0.2) is 14.6 Å². The van der Waals surface area contributed by atoms with Crippen molar-refractivity contribution in [2.45, 2.75) is 18.4 Å². The van der Waals surface area contributed by atoms with Crippen LogP contribution in [0.2, 0.25) is 0 Å². The number of rotatable bonds is 3. The number of carbonyl (C=O) groups excluding carboxylic acids is 1. The highest BCUT2D eigenvalue weighted by Gasteiger charge is 2.11. The summed E-state index contributed by atoms with van der Waals surface area (Å²) in [7, 11) is -3.32. The van der Waals surface area contributed by atoms with Gasteiger partial charge in [-0.05, 0) is 49.4 Å². The van der Waals surface area contributed by atoms with Crippen molar-refractivity contribution in [3.8, 4) is 0 Å². The fraction of sp³-hybridized carbons (Fsp3) is 0.176. The molecular formula is C17H15FN2O3S2. The molecule has 2 aromatic carbocycles. The normalized spacial score (nSPS) is 12.7. The summed E-state index contributed by atoms with van der Waals surface area (Å²) in [5.74, 6) is -0.819. The van der Waals surface area contributed by atoms with Gasteiger partial charge in [0.25, 0.3) is 5.91 Å². The number of hydrogen-bond donors (Lipinski definition) is 0. The van der Waals surface area contributed by atoms with E-state index in [0.717, 1.165) is 11.8 Å². The second-order valence-corrected chi connectivity index (χ2v) is 8.48. The van der Waals surface area contributed by atoms with Gasteiger partial charge in [0, 0.05) is 18.4 Å². The Morgan fingerprint density at radius 1 is 1.20 bits per heavy atom. The Bertz CT molecular complexity index is 1130. The van der Waals surface area contributed by atoms with Gasteiger partial charge in [-0.25, -0.2) is 12.8 Å². The van der Waals surface area contributed by atoms with Gasteiger partial charge in [-0.2, -0.15) is 4.99 Å². The second kappa shape index (κ2) is 6.53. The number of fused-ring (bicyclic) bond motifs is 1. The molecule has 0 aliphatic carbocycles. The third-order valence-electron chi connectivity index (χ3n) is 3.69. The van der Waals surface area contributed by atoms with E-state index in [1.165, 1.54) is 47.7 Å². The van der Waals surface area contributed by atoms with Crippen molar-refractivity contribution in [3.63, 3.8) is 0 Å². The summed E-state index contributed by atoms with van der Waals surface area (Å²) in [6.45, 7) is 2.50. The van der Waals surface area contributed by atoms with E-state index in [0.29, 0.717) is 21.6 Å². The topological polar surface area (TPSA) is 68.5 Å². The van der Waals surface area contributed by atoms with Crippen LogP contribution in [0.25, 0.3) is 10.2 Å². The lowest BCUT2D eigenvalue weighted by atomic mass is 10.2. The SMILES string of the molecule is CCn1c(=NC(=O)c2ccc(S(C)(=O)=O)cc2)sc2cc(F)ccc21. The summed E-state index contributed by atoms with van der Waals surface area (Å²) in [5.41, 5.74) is 1.10. The Balaban J connectivity index is 2.05. The smallest absolute Gasteiger partial charge is 0.279 e. The van der Waals surface area contributed by atoms with Gasteiger partial charge in [-0.15, -0.1) is 0 Å². The number of aryl methyl sites for hydroxylation is 1. The zero-order valence-corrected chi connectivity index (χ0v) is 15.2. The molecule has 1 aromatic heterocycles.